The minimum absolute atomic E-state index is 1.09. The number of hydrogen-bond donors (Lipinski definition) is 0. The lowest BCUT2D eigenvalue weighted by atomic mass is 9.98. The molecule has 0 fully saturated rings. The summed E-state index contributed by atoms with van der Waals surface area (Å²) < 4.78 is 0. The summed E-state index contributed by atoms with van der Waals surface area (Å²) in [6, 6.07) is 19.1. The van der Waals surface area contributed by atoms with Crippen LogP contribution in [0.4, 0.5) is 0 Å². The predicted octanol–water partition coefficient (Wildman–Crippen LogP) is 4.86. The van der Waals surface area contributed by atoms with Gasteiger partial charge in [0.05, 0.1) is 0 Å². The first-order valence-electron chi connectivity index (χ1n) is 6.08. The van der Waals surface area contributed by atoms with E-state index >= 15 is 0 Å². The molecule has 0 atom stereocenters. The Morgan fingerprint density at radius 2 is 1.28 bits per heavy atom. The van der Waals surface area contributed by atoms with Gasteiger partial charge in [0.15, 0.2) is 0 Å². The minimum Gasteiger partial charge on any atom is -0.0911 e. The summed E-state index contributed by atoms with van der Waals surface area (Å²) in [5, 5.41) is 0. The second-order valence-corrected chi connectivity index (χ2v) is 4.41. The highest BCUT2D eigenvalue weighted by atomic mass is 14.1. The van der Waals surface area contributed by atoms with Crippen LogP contribution in [0.25, 0.3) is 16.7 Å². The third kappa shape index (κ3) is 1.93. The van der Waals surface area contributed by atoms with Crippen molar-refractivity contribution < 1.29 is 0 Å². The molecule has 0 saturated carbocycles. The lowest BCUT2D eigenvalue weighted by molar-refractivity contribution is 1.57. The fourth-order valence-corrected chi connectivity index (χ4v) is 2.21. The summed E-state index contributed by atoms with van der Waals surface area (Å²) in [6.45, 7) is 4.04. The maximum atomic E-state index is 4.04. The molecule has 0 saturated heterocycles. The van der Waals surface area contributed by atoms with Crippen molar-refractivity contribution in [2.24, 2.45) is 0 Å². The Bertz CT molecular complexity index is 625. The van der Waals surface area contributed by atoms with Gasteiger partial charge >= 0.3 is 0 Å². The van der Waals surface area contributed by atoms with E-state index in [4.69, 9.17) is 0 Å². The molecule has 0 amide bonds. The Morgan fingerprint density at radius 3 is 1.89 bits per heavy atom. The van der Waals surface area contributed by atoms with Crippen LogP contribution in [0.3, 0.4) is 0 Å². The molecule has 3 rings (SSSR count). The summed E-state index contributed by atoms with van der Waals surface area (Å²) in [7, 11) is 0. The molecule has 0 aromatic heterocycles. The number of allylic oxidation sites excluding steroid dienone is 5. The molecule has 0 nitrogen and oxygen atoms in total. The van der Waals surface area contributed by atoms with Crippen LogP contribution >= 0.6 is 0 Å². The van der Waals surface area contributed by atoms with Crippen LogP contribution in [0.2, 0.25) is 0 Å². The first-order chi connectivity index (χ1) is 8.84. The van der Waals surface area contributed by atoms with Crippen LogP contribution in [0, 0.1) is 0 Å². The van der Waals surface area contributed by atoms with E-state index in [-0.39, 0.29) is 0 Å². The van der Waals surface area contributed by atoms with Crippen molar-refractivity contribution in [1.29, 1.82) is 0 Å². The van der Waals surface area contributed by atoms with Gasteiger partial charge in [0.1, 0.15) is 0 Å². The van der Waals surface area contributed by atoms with Crippen molar-refractivity contribution in [3.63, 3.8) is 0 Å². The molecule has 0 heteroatoms. The van der Waals surface area contributed by atoms with Crippen LogP contribution in [0.15, 0.2) is 85.0 Å². The minimum atomic E-state index is 1.09. The number of rotatable bonds is 2. The molecule has 86 valence electrons. The monoisotopic (exact) mass is 230 g/mol. The van der Waals surface area contributed by atoms with Crippen LogP contribution in [-0.2, 0) is 0 Å². The van der Waals surface area contributed by atoms with E-state index in [1.165, 1.54) is 22.3 Å². The Labute approximate surface area is 108 Å². The standard InChI is InChI=1S/C18H14/c1-14-6-5-9-18(14)17-12-10-16(11-13-17)15-7-3-2-4-8-15/h2-13H,1H2. The zero-order valence-corrected chi connectivity index (χ0v) is 10.1. The normalized spacial score (nSPS) is 13.8. The average molecular weight is 230 g/mol. The van der Waals surface area contributed by atoms with Gasteiger partial charge in [0, 0.05) is 0 Å². The first kappa shape index (κ1) is 10.8. The highest BCUT2D eigenvalue weighted by Gasteiger charge is 2.07. The van der Waals surface area contributed by atoms with Gasteiger partial charge in [0.25, 0.3) is 0 Å². The zero-order valence-electron chi connectivity index (χ0n) is 10.1. The maximum absolute atomic E-state index is 4.04. The third-order valence-corrected chi connectivity index (χ3v) is 3.21. The molecule has 0 aliphatic heterocycles. The van der Waals surface area contributed by atoms with Crippen molar-refractivity contribution in [2.45, 2.75) is 0 Å². The fraction of sp³-hybridized carbons (Fsp3) is 0. The van der Waals surface area contributed by atoms with E-state index in [0.717, 1.165) is 5.57 Å². The molecule has 0 unspecified atom stereocenters. The molecule has 0 N–H and O–H groups in total. The fourth-order valence-electron chi connectivity index (χ4n) is 2.21. The molecule has 1 aliphatic rings. The van der Waals surface area contributed by atoms with E-state index in [1.807, 2.05) is 18.2 Å². The molecular weight excluding hydrogens is 216 g/mol. The molecule has 2 aromatic rings. The maximum Gasteiger partial charge on any atom is -0.0117 e. The lowest BCUT2D eigenvalue weighted by Gasteiger charge is -2.06. The Morgan fingerprint density at radius 1 is 0.667 bits per heavy atom. The topological polar surface area (TPSA) is 0 Å². The summed E-state index contributed by atoms with van der Waals surface area (Å²) in [4.78, 5) is 0. The molecule has 0 spiro atoms. The number of hydrogen-bond acceptors (Lipinski definition) is 0. The molecule has 0 bridgehead atoms. The smallest absolute Gasteiger partial charge is 0.0117 e. The first-order valence-corrected chi connectivity index (χ1v) is 6.08. The predicted molar refractivity (Wildman–Crippen MR) is 78.1 cm³/mol. The Balaban J connectivity index is 1.93. The largest absolute Gasteiger partial charge is 0.0911 e. The molecule has 0 radical (unpaired) electrons. The summed E-state index contributed by atoms with van der Waals surface area (Å²) in [5.74, 6) is 0. The van der Waals surface area contributed by atoms with Gasteiger partial charge in [-0.1, -0.05) is 79.4 Å². The molecule has 0 heterocycles. The molecule has 18 heavy (non-hydrogen) atoms. The quantitative estimate of drug-likeness (QED) is 0.691. The second-order valence-electron chi connectivity index (χ2n) is 4.41. The van der Waals surface area contributed by atoms with E-state index in [0.29, 0.717) is 0 Å². The van der Waals surface area contributed by atoms with Crippen LogP contribution in [0.1, 0.15) is 5.56 Å². The van der Waals surface area contributed by atoms with Gasteiger partial charge < -0.3 is 0 Å². The van der Waals surface area contributed by atoms with Crippen LogP contribution < -0.4 is 0 Å². The third-order valence-electron chi connectivity index (χ3n) is 3.21. The Kier molecular flexibility index (Phi) is 2.70. The van der Waals surface area contributed by atoms with Crippen molar-refractivity contribution in [1.82, 2.24) is 0 Å². The van der Waals surface area contributed by atoms with Gasteiger partial charge in [-0.3, -0.25) is 0 Å². The highest BCUT2D eigenvalue weighted by Crippen LogP contribution is 2.29. The summed E-state index contributed by atoms with van der Waals surface area (Å²) in [5.41, 5.74) is 6.03. The van der Waals surface area contributed by atoms with Crippen LogP contribution in [-0.4, -0.2) is 0 Å². The van der Waals surface area contributed by atoms with Crippen molar-refractivity contribution in [3.05, 3.63) is 90.5 Å². The van der Waals surface area contributed by atoms with Crippen molar-refractivity contribution >= 4 is 5.57 Å². The van der Waals surface area contributed by atoms with Crippen LogP contribution in [0.5, 0.6) is 0 Å². The van der Waals surface area contributed by atoms with Crippen molar-refractivity contribution in [3.8, 4) is 11.1 Å². The number of benzene rings is 2. The van der Waals surface area contributed by atoms with Crippen molar-refractivity contribution in [2.75, 3.05) is 0 Å². The van der Waals surface area contributed by atoms with Gasteiger partial charge in [0.2, 0.25) is 0 Å². The average Bonchev–Trinajstić information content (AvgIpc) is 2.86. The zero-order chi connectivity index (χ0) is 12.4. The highest BCUT2D eigenvalue weighted by molar-refractivity contribution is 5.85. The molecular formula is C18H14. The van der Waals surface area contributed by atoms with E-state index in [1.54, 1.807) is 0 Å². The Hall–Kier alpha value is -2.34. The molecule has 2 aromatic carbocycles. The van der Waals surface area contributed by atoms with Gasteiger partial charge in [-0.25, -0.2) is 0 Å². The van der Waals surface area contributed by atoms with E-state index in [9.17, 15) is 0 Å². The summed E-state index contributed by atoms with van der Waals surface area (Å²) >= 11 is 0. The van der Waals surface area contributed by atoms with Gasteiger partial charge in [-0.05, 0) is 27.8 Å². The SMILES string of the molecule is C=C1C=CC=C1c1ccc(-c2ccccc2)cc1. The van der Waals surface area contributed by atoms with E-state index < -0.39 is 0 Å². The lowest BCUT2D eigenvalue weighted by Crippen LogP contribution is -1.84. The second kappa shape index (κ2) is 4.50. The van der Waals surface area contributed by atoms with Gasteiger partial charge in [-0.2, -0.15) is 0 Å². The summed E-state index contributed by atoms with van der Waals surface area (Å²) in [6.07, 6.45) is 6.20. The van der Waals surface area contributed by atoms with Gasteiger partial charge in [-0.15, -0.1) is 0 Å². The van der Waals surface area contributed by atoms with E-state index in [2.05, 4.69) is 61.2 Å². The molecule has 1 aliphatic carbocycles.